The van der Waals surface area contributed by atoms with Gasteiger partial charge in [0.1, 0.15) is 16.5 Å². The summed E-state index contributed by atoms with van der Waals surface area (Å²) in [6.07, 6.45) is 5.88. The molecule has 0 radical (unpaired) electrons. The van der Waals surface area contributed by atoms with Gasteiger partial charge >= 0.3 is 0 Å². The Kier molecular flexibility index (Phi) is 6.15. The first-order valence-corrected chi connectivity index (χ1v) is 11.0. The molecule has 0 bridgehead atoms. The lowest BCUT2D eigenvalue weighted by Gasteiger charge is -2.39. The van der Waals surface area contributed by atoms with Crippen LogP contribution in [0.3, 0.4) is 0 Å². The lowest BCUT2D eigenvalue weighted by Crippen LogP contribution is -2.41. The van der Waals surface area contributed by atoms with E-state index in [2.05, 4.69) is 39.5 Å². The summed E-state index contributed by atoms with van der Waals surface area (Å²) in [5, 5.41) is 9.90. The lowest BCUT2D eigenvalue weighted by molar-refractivity contribution is 0.0887. The number of amides is 1. The first kappa shape index (κ1) is 20.6. The summed E-state index contributed by atoms with van der Waals surface area (Å²) in [7, 11) is 5.70. The Morgan fingerprint density at radius 2 is 2.10 bits per heavy atom. The highest BCUT2D eigenvalue weighted by Crippen LogP contribution is 2.35. The van der Waals surface area contributed by atoms with Crippen LogP contribution in [0.5, 0.6) is 5.75 Å². The van der Waals surface area contributed by atoms with E-state index in [1.165, 1.54) is 16.9 Å². The predicted molar refractivity (Wildman–Crippen MR) is 118 cm³/mol. The Morgan fingerprint density at radius 1 is 1.30 bits per heavy atom. The molecule has 0 saturated carbocycles. The average Bonchev–Trinajstić information content (AvgIpc) is 3.41. The number of ether oxygens (including phenoxy) is 1. The molecule has 4 rings (SSSR count). The molecule has 2 atom stereocenters. The van der Waals surface area contributed by atoms with Crippen LogP contribution in [-0.4, -0.2) is 52.8 Å². The molecule has 1 aliphatic heterocycles. The zero-order chi connectivity index (χ0) is 21.1. The van der Waals surface area contributed by atoms with Crippen molar-refractivity contribution >= 4 is 17.2 Å². The molecule has 8 heteroatoms. The fourth-order valence-electron chi connectivity index (χ4n) is 4.16. The average molecular weight is 426 g/mol. The van der Waals surface area contributed by atoms with E-state index in [9.17, 15) is 4.79 Å². The van der Waals surface area contributed by atoms with Crippen molar-refractivity contribution in [2.75, 3.05) is 27.2 Å². The molecule has 3 aromatic rings. The van der Waals surface area contributed by atoms with Gasteiger partial charge in [0.25, 0.3) is 5.91 Å². The van der Waals surface area contributed by atoms with Gasteiger partial charge in [-0.25, -0.2) is 4.98 Å². The highest BCUT2D eigenvalue weighted by molar-refractivity contribution is 7.13. The van der Waals surface area contributed by atoms with Gasteiger partial charge in [-0.1, -0.05) is 12.1 Å². The van der Waals surface area contributed by atoms with Crippen LogP contribution in [0.25, 0.3) is 10.6 Å². The van der Waals surface area contributed by atoms with E-state index < -0.39 is 0 Å². The molecule has 1 N–H and O–H groups in total. The van der Waals surface area contributed by atoms with Crippen molar-refractivity contribution in [3.8, 4) is 16.3 Å². The van der Waals surface area contributed by atoms with Crippen LogP contribution in [-0.2, 0) is 7.05 Å². The van der Waals surface area contributed by atoms with Gasteiger partial charge in [0.15, 0.2) is 0 Å². The molecule has 3 heterocycles. The van der Waals surface area contributed by atoms with Crippen molar-refractivity contribution in [3.05, 3.63) is 53.3 Å². The second-order valence-electron chi connectivity index (χ2n) is 7.75. The number of aromatic nitrogens is 3. The normalized spacial score (nSPS) is 19.6. The molecule has 1 aromatic carbocycles. The van der Waals surface area contributed by atoms with Crippen LogP contribution in [0.2, 0.25) is 0 Å². The number of hydrogen-bond donors (Lipinski definition) is 1. The Bertz CT molecular complexity index is 997. The number of rotatable bonds is 6. The third kappa shape index (κ3) is 4.39. The van der Waals surface area contributed by atoms with Crippen LogP contribution in [0.15, 0.2) is 42.0 Å². The third-order valence-electron chi connectivity index (χ3n) is 5.68. The van der Waals surface area contributed by atoms with Gasteiger partial charge in [0.2, 0.25) is 0 Å². The van der Waals surface area contributed by atoms with Crippen LogP contribution >= 0.6 is 11.3 Å². The molecule has 7 nitrogen and oxygen atoms in total. The number of aryl methyl sites for hydroxylation is 1. The fraction of sp³-hybridized carbons (Fsp3) is 0.409. The monoisotopic (exact) mass is 425 g/mol. The summed E-state index contributed by atoms with van der Waals surface area (Å²) in [5.41, 5.74) is 2.64. The van der Waals surface area contributed by atoms with Gasteiger partial charge in [0.05, 0.1) is 13.3 Å². The molecule has 1 aliphatic rings. The number of hydrogen-bond acceptors (Lipinski definition) is 6. The number of carbonyl (C=O) groups excluding carboxylic acids is 1. The van der Waals surface area contributed by atoms with E-state index >= 15 is 0 Å². The van der Waals surface area contributed by atoms with Gasteiger partial charge in [-0.2, -0.15) is 5.10 Å². The van der Waals surface area contributed by atoms with Crippen molar-refractivity contribution < 1.29 is 9.53 Å². The van der Waals surface area contributed by atoms with E-state index in [1.54, 1.807) is 18.0 Å². The number of carbonyl (C=O) groups is 1. The van der Waals surface area contributed by atoms with Crippen molar-refractivity contribution in [2.24, 2.45) is 13.0 Å². The Morgan fingerprint density at radius 3 is 2.80 bits per heavy atom. The summed E-state index contributed by atoms with van der Waals surface area (Å²) in [4.78, 5) is 19.6. The van der Waals surface area contributed by atoms with E-state index in [0.29, 0.717) is 18.2 Å². The van der Waals surface area contributed by atoms with E-state index in [0.717, 1.165) is 35.7 Å². The molecule has 1 fully saturated rings. The maximum absolute atomic E-state index is 12.7. The zero-order valence-electron chi connectivity index (χ0n) is 17.5. The van der Waals surface area contributed by atoms with Crippen molar-refractivity contribution in [2.45, 2.75) is 18.9 Å². The largest absolute Gasteiger partial charge is 0.497 e. The molecular formula is C22H27N5O2S. The quantitative estimate of drug-likeness (QED) is 0.656. The van der Waals surface area contributed by atoms with Crippen molar-refractivity contribution in [3.63, 3.8) is 0 Å². The Hall–Kier alpha value is -2.71. The van der Waals surface area contributed by atoms with E-state index in [-0.39, 0.29) is 11.9 Å². The van der Waals surface area contributed by atoms with Crippen LogP contribution in [0, 0.1) is 5.92 Å². The van der Waals surface area contributed by atoms with Crippen LogP contribution in [0.1, 0.15) is 34.9 Å². The number of likely N-dealkylation sites (tertiary alicyclic amines) is 1. The standard InChI is InChI=1S/C22H27N5O2S/c1-26-10-4-5-16(20(26)15-6-8-18(29-3)9-7-15)11-23-21(28)19-14-30-22(25-19)17-12-24-27(2)13-17/h6-9,12-14,16,20H,4-5,10-11H2,1-3H3,(H,23,28). The van der Waals surface area contributed by atoms with Crippen molar-refractivity contribution in [1.29, 1.82) is 0 Å². The minimum atomic E-state index is -0.122. The smallest absolute Gasteiger partial charge is 0.270 e. The summed E-state index contributed by atoms with van der Waals surface area (Å²) in [6.45, 7) is 1.68. The maximum Gasteiger partial charge on any atom is 0.270 e. The molecule has 2 unspecified atom stereocenters. The minimum Gasteiger partial charge on any atom is -0.497 e. The second-order valence-corrected chi connectivity index (χ2v) is 8.61. The summed E-state index contributed by atoms with van der Waals surface area (Å²) in [5.74, 6) is 1.08. The third-order valence-corrected chi connectivity index (χ3v) is 6.57. The zero-order valence-corrected chi connectivity index (χ0v) is 18.4. The van der Waals surface area contributed by atoms with Gasteiger partial charge in [-0.3, -0.25) is 14.4 Å². The van der Waals surface area contributed by atoms with Crippen molar-refractivity contribution in [1.82, 2.24) is 25.0 Å². The number of piperidine rings is 1. The first-order valence-electron chi connectivity index (χ1n) is 10.1. The number of nitrogens with zero attached hydrogens (tertiary/aromatic N) is 4. The highest BCUT2D eigenvalue weighted by Gasteiger charge is 2.31. The maximum atomic E-state index is 12.7. The SMILES string of the molecule is COc1ccc(C2C(CNC(=O)c3csc(-c4cnn(C)c4)n3)CCCN2C)cc1. The first-order chi connectivity index (χ1) is 14.5. The number of thiazole rings is 1. The summed E-state index contributed by atoms with van der Waals surface area (Å²) >= 11 is 1.46. The molecule has 158 valence electrons. The number of nitrogens with one attached hydrogen (secondary N) is 1. The molecule has 30 heavy (non-hydrogen) atoms. The molecule has 0 spiro atoms. The van der Waals surface area contributed by atoms with Gasteiger partial charge in [0, 0.05) is 36.8 Å². The Balaban J connectivity index is 1.43. The fourth-order valence-corrected chi connectivity index (χ4v) is 4.93. The summed E-state index contributed by atoms with van der Waals surface area (Å²) < 4.78 is 7.02. The number of methoxy groups -OCH3 is 1. The minimum absolute atomic E-state index is 0.122. The van der Waals surface area contributed by atoms with Crippen LogP contribution < -0.4 is 10.1 Å². The number of benzene rings is 1. The predicted octanol–water partition coefficient (Wildman–Crippen LogP) is 3.37. The second kappa shape index (κ2) is 8.97. The van der Waals surface area contributed by atoms with Crippen LogP contribution in [0.4, 0.5) is 0 Å². The van der Waals surface area contributed by atoms with Gasteiger partial charge in [-0.15, -0.1) is 11.3 Å². The van der Waals surface area contributed by atoms with E-state index in [1.807, 2.05) is 30.8 Å². The van der Waals surface area contributed by atoms with E-state index in [4.69, 9.17) is 4.74 Å². The molecular weight excluding hydrogens is 398 g/mol. The molecule has 0 aliphatic carbocycles. The highest BCUT2D eigenvalue weighted by atomic mass is 32.1. The molecule has 1 saturated heterocycles. The molecule has 2 aromatic heterocycles. The van der Waals surface area contributed by atoms with Gasteiger partial charge < -0.3 is 10.1 Å². The molecule has 1 amide bonds. The Labute approximate surface area is 180 Å². The lowest BCUT2D eigenvalue weighted by atomic mass is 9.85. The summed E-state index contributed by atoms with van der Waals surface area (Å²) in [6, 6.07) is 8.53. The van der Waals surface area contributed by atoms with Gasteiger partial charge in [-0.05, 0) is 50.0 Å². The topological polar surface area (TPSA) is 72.3 Å².